The molecule has 0 amide bonds. The highest BCUT2D eigenvalue weighted by atomic mass is 32.2. The predicted molar refractivity (Wildman–Crippen MR) is 115 cm³/mol. The second-order valence-corrected chi connectivity index (χ2v) is 7.47. The lowest BCUT2D eigenvalue weighted by Crippen LogP contribution is -2.21. The molecule has 2 aromatic carbocycles. The van der Waals surface area contributed by atoms with Crippen LogP contribution in [0.4, 0.5) is 0 Å². The van der Waals surface area contributed by atoms with E-state index in [0.717, 1.165) is 17.0 Å². The first-order valence-corrected chi connectivity index (χ1v) is 10.3. The van der Waals surface area contributed by atoms with Gasteiger partial charge in [-0.15, -0.1) is 0 Å². The monoisotopic (exact) mass is 432 g/mol. The van der Waals surface area contributed by atoms with E-state index in [4.69, 9.17) is 9.26 Å². The molecular formula is C21H16N6O3S. The third kappa shape index (κ3) is 3.68. The van der Waals surface area contributed by atoms with Crippen LogP contribution in [0.3, 0.4) is 0 Å². The smallest absolute Gasteiger partial charge is 0.269 e. The highest BCUT2D eigenvalue weighted by molar-refractivity contribution is 7.98. The number of benzene rings is 2. The Morgan fingerprint density at radius 3 is 2.68 bits per heavy atom. The molecule has 0 saturated heterocycles. The fraction of sp³-hybridized carbons (Fsp3) is 0.0952. The maximum atomic E-state index is 13.1. The number of hydrogen-bond acceptors (Lipinski definition) is 8. The van der Waals surface area contributed by atoms with Gasteiger partial charge in [-0.3, -0.25) is 14.5 Å². The van der Waals surface area contributed by atoms with Gasteiger partial charge in [-0.1, -0.05) is 35.1 Å². The minimum absolute atomic E-state index is 0.197. The lowest BCUT2D eigenvalue weighted by atomic mass is 10.2. The van der Waals surface area contributed by atoms with E-state index in [1.54, 1.807) is 11.7 Å². The fourth-order valence-corrected chi connectivity index (χ4v) is 3.92. The van der Waals surface area contributed by atoms with Gasteiger partial charge in [-0.05, 0) is 36.4 Å². The van der Waals surface area contributed by atoms with Crippen LogP contribution in [0.15, 0.2) is 75.3 Å². The molecule has 3 aromatic heterocycles. The summed E-state index contributed by atoms with van der Waals surface area (Å²) >= 11 is 1.33. The van der Waals surface area contributed by atoms with Crippen molar-refractivity contribution in [1.82, 2.24) is 29.9 Å². The third-order valence-corrected chi connectivity index (χ3v) is 5.53. The van der Waals surface area contributed by atoms with Gasteiger partial charge in [-0.2, -0.15) is 10.1 Å². The van der Waals surface area contributed by atoms with Crippen LogP contribution in [0.1, 0.15) is 5.89 Å². The zero-order chi connectivity index (χ0) is 21.2. The summed E-state index contributed by atoms with van der Waals surface area (Å²) in [6.07, 6.45) is 1.48. The van der Waals surface area contributed by atoms with Crippen LogP contribution in [0, 0.1) is 0 Å². The van der Waals surface area contributed by atoms with Crippen molar-refractivity contribution in [3.05, 3.63) is 77.0 Å². The minimum Gasteiger partial charge on any atom is -0.497 e. The molecular weight excluding hydrogens is 416 g/mol. The second kappa shape index (κ2) is 8.07. The number of methoxy groups -OCH3 is 1. The highest BCUT2D eigenvalue weighted by Crippen LogP contribution is 2.25. The lowest BCUT2D eigenvalue weighted by Gasteiger charge is -2.10. The average Bonchev–Trinajstić information content (AvgIpc) is 3.48. The zero-order valence-electron chi connectivity index (χ0n) is 16.3. The molecule has 0 aliphatic carbocycles. The predicted octanol–water partition coefficient (Wildman–Crippen LogP) is 3.46. The first-order chi connectivity index (χ1) is 15.2. The summed E-state index contributed by atoms with van der Waals surface area (Å²) in [5, 5.41) is 11.7. The molecule has 9 nitrogen and oxygen atoms in total. The van der Waals surface area contributed by atoms with Gasteiger partial charge in [0.25, 0.3) is 5.56 Å². The Hall–Kier alpha value is -3.92. The summed E-state index contributed by atoms with van der Waals surface area (Å²) in [6, 6.07) is 16.7. The Balaban J connectivity index is 1.45. The van der Waals surface area contributed by atoms with Crippen LogP contribution in [0.5, 0.6) is 5.75 Å². The number of ether oxygens (including phenoxy) is 1. The van der Waals surface area contributed by atoms with Crippen molar-refractivity contribution >= 4 is 22.8 Å². The molecule has 0 saturated carbocycles. The molecule has 0 radical (unpaired) electrons. The lowest BCUT2D eigenvalue weighted by molar-refractivity contribution is 0.391. The van der Waals surface area contributed by atoms with Crippen LogP contribution in [0.2, 0.25) is 0 Å². The average molecular weight is 432 g/mol. The molecule has 0 spiro atoms. The van der Waals surface area contributed by atoms with Crippen molar-refractivity contribution in [1.29, 1.82) is 0 Å². The Labute approximate surface area is 180 Å². The molecule has 5 rings (SSSR count). The number of aromatic amines is 1. The quantitative estimate of drug-likeness (QED) is 0.321. The van der Waals surface area contributed by atoms with Crippen molar-refractivity contribution in [3.8, 4) is 22.8 Å². The van der Waals surface area contributed by atoms with E-state index in [-0.39, 0.29) is 5.56 Å². The van der Waals surface area contributed by atoms with E-state index in [2.05, 4.69) is 25.3 Å². The van der Waals surface area contributed by atoms with Crippen molar-refractivity contribution in [3.63, 3.8) is 0 Å². The van der Waals surface area contributed by atoms with Gasteiger partial charge < -0.3 is 9.26 Å². The van der Waals surface area contributed by atoms with Crippen molar-refractivity contribution in [2.75, 3.05) is 7.11 Å². The highest BCUT2D eigenvalue weighted by Gasteiger charge is 2.16. The molecule has 3 heterocycles. The van der Waals surface area contributed by atoms with Gasteiger partial charge in [-0.25, -0.2) is 4.98 Å². The van der Waals surface area contributed by atoms with Gasteiger partial charge in [0.2, 0.25) is 11.7 Å². The van der Waals surface area contributed by atoms with Crippen LogP contribution in [0.25, 0.3) is 28.1 Å². The number of aromatic nitrogens is 6. The van der Waals surface area contributed by atoms with E-state index in [1.165, 1.54) is 18.0 Å². The van der Waals surface area contributed by atoms with Gasteiger partial charge in [0, 0.05) is 5.56 Å². The summed E-state index contributed by atoms with van der Waals surface area (Å²) in [7, 11) is 1.61. The van der Waals surface area contributed by atoms with Crippen molar-refractivity contribution in [2.45, 2.75) is 10.9 Å². The summed E-state index contributed by atoms with van der Waals surface area (Å²) < 4.78 is 12.1. The first-order valence-electron chi connectivity index (χ1n) is 9.34. The number of nitrogens with one attached hydrogen (secondary N) is 1. The molecule has 1 N–H and O–H groups in total. The zero-order valence-corrected chi connectivity index (χ0v) is 17.2. The van der Waals surface area contributed by atoms with Crippen molar-refractivity contribution < 1.29 is 9.26 Å². The molecule has 0 unspecified atom stereocenters. The topological polar surface area (TPSA) is 112 Å². The van der Waals surface area contributed by atoms with E-state index in [1.807, 2.05) is 54.6 Å². The van der Waals surface area contributed by atoms with E-state index in [0.29, 0.717) is 33.7 Å². The van der Waals surface area contributed by atoms with Gasteiger partial charge in [0.15, 0.2) is 10.8 Å². The van der Waals surface area contributed by atoms with E-state index in [9.17, 15) is 4.79 Å². The van der Waals surface area contributed by atoms with Crippen LogP contribution in [-0.2, 0) is 5.75 Å². The Kier molecular flexibility index (Phi) is 4.97. The first kappa shape index (κ1) is 19.1. The minimum atomic E-state index is -0.197. The molecule has 5 aromatic rings. The molecule has 0 aliphatic heterocycles. The normalized spacial score (nSPS) is 11.1. The SMILES string of the molecule is COc1ccc(-c2noc(CSc3nc4[nH]ncc4c(=O)n3-c3ccccc3)n2)cc1. The molecule has 0 fully saturated rings. The molecule has 0 aliphatic rings. The number of fused-ring (bicyclic) bond motifs is 1. The summed E-state index contributed by atoms with van der Waals surface area (Å²) in [4.78, 5) is 22.1. The molecule has 154 valence electrons. The van der Waals surface area contributed by atoms with Gasteiger partial charge in [0.1, 0.15) is 11.1 Å². The molecule has 0 atom stereocenters. The van der Waals surface area contributed by atoms with Gasteiger partial charge in [0.05, 0.1) is 24.7 Å². The Morgan fingerprint density at radius 1 is 1.10 bits per heavy atom. The fourth-order valence-electron chi connectivity index (χ4n) is 3.07. The Morgan fingerprint density at radius 2 is 1.90 bits per heavy atom. The van der Waals surface area contributed by atoms with Gasteiger partial charge >= 0.3 is 0 Å². The summed E-state index contributed by atoms with van der Waals surface area (Å²) in [6.45, 7) is 0. The van der Waals surface area contributed by atoms with Crippen LogP contribution >= 0.6 is 11.8 Å². The number of thioether (sulfide) groups is 1. The second-order valence-electron chi connectivity index (χ2n) is 6.53. The van der Waals surface area contributed by atoms with Crippen LogP contribution in [-0.4, -0.2) is 37.0 Å². The van der Waals surface area contributed by atoms with E-state index >= 15 is 0 Å². The number of rotatable bonds is 6. The van der Waals surface area contributed by atoms with Crippen molar-refractivity contribution in [2.24, 2.45) is 0 Å². The molecule has 0 bridgehead atoms. The summed E-state index contributed by atoms with van der Waals surface area (Å²) in [5.74, 6) is 2.01. The number of H-pyrrole nitrogens is 1. The maximum Gasteiger partial charge on any atom is 0.269 e. The Bertz CT molecular complexity index is 1390. The molecule has 10 heteroatoms. The number of hydrogen-bond donors (Lipinski definition) is 1. The standard InChI is InChI=1S/C21H16N6O3S/c1-29-15-9-7-13(8-10-15)18-23-17(30-26-18)12-31-21-24-19-16(11-22-25-19)20(28)27(21)14-5-3-2-4-6-14/h2-11H,12H2,1H3,(H,22,25). The maximum absolute atomic E-state index is 13.1. The third-order valence-electron chi connectivity index (χ3n) is 4.61. The molecule has 31 heavy (non-hydrogen) atoms. The number of nitrogens with zero attached hydrogens (tertiary/aromatic N) is 5. The number of para-hydroxylation sites is 1. The van der Waals surface area contributed by atoms with Crippen LogP contribution < -0.4 is 10.3 Å². The largest absolute Gasteiger partial charge is 0.497 e. The summed E-state index contributed by atoms with van der Waals surface area (Å²) in [5.41, 5.74) is 1.77. The van der Waals surface area contributed by atoms with E-state index < -0.39 is 0 Å².